The Labute approximate surface area is 174 Å². The number of nitrogens with one attached hydrogen (secondary N) is 1. The largest absolute Gasteiger partial charge is 0.444 e. The van der Waals surface area contributed by atoms with E-state index in [0.29, 0.717) is 18.7 Å². The van der Waals surface area contributed by atoms with Gasteiger partial charge >= 0.3 is 6.09 Å². The molecule has 0 radical (unpaired) electrons. The lowest BCUT2D eigenvalue weighted by Crippen LogP contribution is -2.50. The van der Waals surface area contributed by atoms with Crippen molar-refractivity contribution >= 4 is 38.8 Å². The average Bonchev–Trinajstić information content (AvgIpc) is 2.97. The molecule has 2 aromatic rings. The number of fused-ring (bicyclic) bond motifs is 1. The lowest BCUT2D eigenvalue weighted by atomic mass is 10.0. The summed E-state index contributed by atoms with van der Waals surface area (Å²) in [6, 6.07) is 5.89. The highest BCUT2D eigenvalue weighted by atomic mass is 79.9. The quantitative estimate of drug-likeness (QED) is 0.746. The Hall–Kier alpha value is -2.02. The number of benzene rings is 1. The van der Waals surface area contributed by atoms with E-state index in [-0.39, 0.29) is 11.9 Å². The van der Waals surface area contributed by atoms with Gasteiger partial charge in [0, 0.05) is 47.2 Å². The molecule has 2 heterocycles. The van der Waals surface area contributed by atoms with Gasteiger partial charge in [-0.05, 0) is 52.7 Å². The Bertz CT molecular complexity index is 885. The van der Waals surface area contributed by atoms with E-state index in [4.69, 9.17) is 4.74 Å². The maximum atomic E-state index is 13.2. The van der Waals surface area contributed by atoms with Gasteiger partial charge in [-0.2, -0.15) is 0 Å². The SMILES string of the molecule is CCn1cc(C(=O)N2CCC[C@H](NC(=O)OC(C)(C)C)C2)c2ccc(Br)cc21. The monoisotopic (exact) mass is 449 g/mol. The van der Waals surface area contributed by atoms with Crippen molar-refractivity contribution in [3.05, 3.63) is 34.4 Å². The Balaban J connectivity index is 1.76. The van der Waals surface area contributed by atoms with Gasteiger partial charge < -0.3 is 19.5 Å². The van der Waals surface area contributed by atoms with E-state index in [1.165, 1.54) is 0 Å². The summed E-state index contributed by atoms with van der Waals surface area (Å²) in [6.07, 6.45) is 3.19. The lowest BCUT2D eigenvalue weighted by molar-refractivity contribution is 0.0452. The van der Waals surface area contributed by atoms with Crippen molar-refractivity contribution in [2.75, 3.05) is 13.1 Å². The van der Waals surface area contributed by atoms with Gasteiger partial charge in [0.15, 0.2) is 0 Å². The van der Waals surface area contributed by atoms with E-state index < -0.39 is 11.7 Å². The van der Waals surface area contributed by atoms with Gasteiger partial charge in [0.25, 0.3) is 5.91 Å². The summed E-state index contributed by atoms with van der Waals surface area (Å²) >= 11 is 3.51. The molecule has 152 valence electrons. The lowest BCUT2D eigenvalue weighted by Gasteiger charge is -2.33. The molecule has 0 unspecified atom stereocenters. The van der Waals surface area contributed by atoms with Crippen molar-refractivity contribution in [2.45, 2.75) is 58.7 Å². The molecule has 2 amide bonds. The highest BCUT2D eigenvalue weighted by molar-refractivity contribution is 9.10. The van der Waals surface area contributed by atoms with E-state index in [9.17, 15) is 9.59 Å². The molecule has 1 aromatic heterocycles. The summed E-state index contributed by atoms with van der Waals surface area (Å²) in [5, 5.41) is 3.86. The third kappa shape index (κ3) is 4.69. The second-order valence-electron chi connectivity index (χ2n) is 8.23. The van der Waals surface area contributed by atoms with E-state index in [1.807, 2.05) is 50.1 Å². The molecule has 1 fully saturated rings. The Morgan fingerprint density at radius 2 is 2.07 bits per heavy atom. The Morgan fingerprint density at radius 1 is 1.32 bits per heavy atom. The molecule has 0 bridgehead atoms. The fraction of sp³-hybridized carbons (Fsp3) is 0.524. The molecule has 7 heteroatoms. The van der Waals surface area contributed by atoms with Crippen LogP contribution in [0.25, 0.3) is 10.9 Å². The number of likely N-dealkylation sites (tertiary alicyclic amines) is 1. The highest BCUT2D eigenvalue weighted by Gasteiger charge is 2.28. The zero-order chi connectivity index (χ0) is 20.5. The minimum absolute atomic E-state index is 0.00945. The number of nitrogens with zero attached hydrogens (tertiary/aromatic N) is 2. The van der Waals surface area contributed by atoms with Gasteiger partial charge in [-0.3, -0.25) is 4.79 Å². The number of ether oxygens (including phenoxy) is 1. The molecule has 1 N–H and O–H groups in total. The number of alkyl carbamates (subject to hydrolysis) is 1. The molecule has 1 aliphatic rings. The predicted octanol–water partition coefficient (Wildman–Crippen LogP) is 4.55. The van der Waals surface area contributed by atoms with Crippen LogP contribution in [0.4, 0.5) is 4.79 Å². The van der Waals surface area contributed by atoms with Crippen molar-refractivity contribution in [1.82, 2.24) is 14.8 Å². The maximum absolute atomic E-state index is 13.2. The average molecular weight is 450 g/mol. The smallest absolute Gasteiger partial charge is 0.407 e. The van der Waals surface area contributed by atoms with Crippen LogP contribution in [0.15, 0.2) is 28.9 Å². The first-order chi connectivity index (χ1) is 13.2. The van der Waals surface area contributed by atoms with Gasteiger partial charge in [-0.25, -0.2) is 4.79 Å². The van der Waals surface area contributed by atoms with Crippen LogP contribution in [0.5, 0.6) is 0 Å². The third-order valence-electron chi connectivity index (χ3n) is 4.84. The summed E-state index contributed by atoms with van der Waals surface area (Å²) in [5.74, 6) is 0.00945. The first kappa shape index (κ1) is 20.7. The Morgan fingerprint density at radius 3 is 2.75 bits per heavy atom. The number of aryl methyl sites for hydroxylation is 1. The standard InChI is InChI=1S/C21H28BrN3O3/c1-5-24-13-17(16-9-8-14(22)11-18(16)24)19(26)25-10-6-7-15(12-25)23-20(27)28-21(2,3)4/h8-9,11,13,15H,5-7,10,12H2,1-4H3,(H,23,27)/t15-/m0/s1. The molecule has 0 spiro atoms. The van der Waals surface area contributed by atoms with E-state index >= 15 is 0 Å². The highest BCUT2D eigenvalue weighted by Crippen LogP contribution is 2.27. The summed E-state index contributed by atoms with van der Waals surface area (Å²) < 4.78 is 8.43. The molecule has 1 aromatic carbocycles. The van der Waals surface area contributed by atoms with Crippen LogP contribution in [0.2, 0.25) is 0 Å². The summed E-state index contributed by atoms with van der Waals surface area (Å²) in [4.78, 5) is 27.2. The molecule has 1 saturated heterocycles. The number of hydrogen-bond acceptors (Lipinski definition) is 3. The normalized spacial score (nSPS) is 17.6. The molecular formula is C21H28BrN3O3. The minimum Gasteiger partial charge on any atom is -0.444 e. The van der Waals surface area contributed by atoms with Crippen LogP contribution >= 0.6 is 15.9 Å². The van der Waals surface area contributed by atoms with Crippen molar-refractivity contribution < 1.29 is 14.3 Å². The third-order valence-corrected chi connectivity index (χ3v) is 5.34. The number of carbonyl (C=O) groups is 2. The fourth-order valence-electron chi connectivity index (χ4n) is 3.62. The molecule has 0 saturated carbocycles. The van der Waals surface area contributed by atoms with E-state index in [1.54, 1.807) is 0 Å². The van der Waals surface area contributed by atoms with Gasteiger partial charge in [-0.1, -0.05) is 22.0 Å². The van der Waals surface area contributed by atoms with Crippen LogP contribution in [0.3, 0.4) is 0 Å². The summed E-state index contributed by atoms with van der Waals surface area (Å²) in [5.41, 5.74) is 1.22. The first-order valence-electron chi connectivity index (χ1n) is 9.75. The predicted molar refractivity (Wildman–Crippen MR) is 114 cm³/mol. The number of rotatable bonds is 3. The van der Waals surface area contributed by atoms with Gasteiger partial charge in [0.2, 0.25) is 0 Å². The second-order valence-corrected chi connectivity index (χ2v) is 9.14. The molecule has 3 rings (SSSR count). The Kier molecular flexibility index (Phi) is 6.03. The number of carbonyl (C=O) groups excluding carboxylic acids is 2. The molecule has 0 aliphatic carbocycles. The van der Waals surface area contributed by atoms with Gasteiger partial charge in [0.1, 0.15) is 5.60 Å². The van der Waals surface area contributed by atoms with Gasteiger partial charge in [-0.15, -0.1) is 0 Å². The second kappa shape index (κ2) is 8.15. The zero-order valence-electron chi connectivity index (χ0n) is 16.9. The van der Waals surface area contributed by atoms with Gasteiger partial charge in [0.05, 0.1) is 5.56 Å². The van der Waals surface area contributed by atoms with Crippen LogP contribution in [0.1, 0.15) is 50.9 Å². The van der Waals surface area contributed by atoms with Crippen LogP contribution in [-0.2, 0) is 11.3 Å². The van der Waals surface area contributed by atoms with Crippen molar-refractivity contribution in [1.29, 1.82) is 0 Å². The first-order valence-corrected chi connectivity index (χ1v) is 10.5. The number of halogens is 1. The van der Waals surface area contributed by atoms with Crippen molar-refractivity contribution in [2.24, 2.45) is 0 Å². The van der Waals surface area contributed by atoms with E-state index in [0.717, 1.165) is 34.8 Å². The summed E-state index contributed by atoms with van der Waals surface area (Å²) in [7, 11) is 0. The zero-order valence-corrected chi connectivity index (χ0v) is 18.5. The topological polar surface area (TPSA) is 63.6 Å². The molecular weight excluding hydrogens is 422 g/mol. The molecule has 6 nitrogen and oxygen atoms in total. The minimum atomic E-state index is -0.537. The summed E-state index contributed by atoms with van der Waals surface area (Å²) in [6.45, 7) is 9.56. The number of amides is 2. The maximum Gasteiger partial charge on any atom is 0.407 e. The number of hydrogen-bond donors (Lipinski definition) is 1. The fourth-order valence-corrected chi connectivity index (χ4v) is 3.97. The van der Waals surface area contributed by atoms with Crippen LogP contribution in [-0.4, -0.2) is 46.2 Å². The van der Waals surface area contributed by atoms with E-state index in [2.05, 4.69) is 32.7 Å². The van der Waals surface area contributed by atoms with Crippen molar-refractivity contribution in [3.63, 3.8) is 0 Å². The molecule has 28 heavy (non-hydrogen) atoms. The molecule has 1 aliphatic heterocycles. The van der Waals surface area contributed by atoms with Crippen LogP contribution in [0, 0.1) is 0 Å². The van der Waals surface area contributed by atoms with Crippen LogP contribution < -0.4 is 5.32 Å². The number of piperidine rings is 1. The number of aromatic nitrogens is 1. The van der Waals surface area contributed by atoms with Crippen molar-refractivity contribution in [3.8, 4) is 0 Å². The molecule has 1 atom stereocenters.